The number of guanidine groups is 1. The number of halogens is 3. The lowest BCUT2D eigenvalue weighted by atomic mass is 10.2. The van der Waals surface area contributed by atoms with Crippen LogP contribution in [-0.2, 0) is 0 Å². The van der Waals surface area contributed by atoms with Crippen molar-refractivity contribution in [2.45, 2.75) is 6.42 Å². The maximum absolute atomic E-state index is 14.5. The van der Waals surface area contributed by atoms with Crippen molar-refractivity contribution >= 4 is 34.3 Å². The Balaban J connectivity index is 1.64. The molecule has 134 valence electrons. The summed E-state index contributed by atoms with van der Waals surface area (Å²) in [5, 5.41) is 6.68. The van der Waals surface area contributed by atoms with Crippen molar-refractivity contribution in [2.24, 2.45) is 4.99 Å². The Morgan fingerprint density at radius 1 is 1.23 bits per heavy atom. The average molecular weight is 378 g/mol. The van der Waals surface area contributed by atoms with Gasteiger partial charge in [0.15, 0.2) is 23.3 Å². The highest BCUT2D eigenvalue weighted by Gasteiger charge is 2.18. The van der Waals surface area contributed by atoms with E-state index in [1.807, 2.05) is 0 Å². The van der Waals surface area contributed by atoms with Crippen LogP contribution < -0.4 is 15.4 Å². The minimum atomic E-state index is -0.847. The highest BCUT2D eigenvalue weighted by molar-refractivity contribution is 6.36. The monoisotopic (exact) mass is 377 g/mol. The topological polar surface area (TPSA) is 74.3 Å². The fraction of sp³-hybridized carbons (Fsp3) is 0.176. The first kappa shape index (κ1) is 16.6. The number of aromatic amines is 1. The number of anilines is 1. The second-order valence-corrected chi connectivity index (χ2v) is 6.08. The molecule has 0 atom stereocenters. The molecule has 2 aromatic heterocycles. The lowest BCUT2D eigenvalue weighted by molar-refractivity contribution is 0.411. The molecule has 0 amide bonds. The fourth-order valence-corrected chi connectivity index (χ4v) is 2.90. The van der Waals surface area contributed by atoms with E-state index in [2.05, 4.69) is 25.6 Å². The molecule has 1 aromatic carbocycles. The Morgan fingerprint density at radius 2 is 2.04 bits per heavy atom. The molecule has 9 heteroatoms. The van der Waals surface area contributed by atoms with Crippen LogP contribution in [0.15, 0.2) is 35.6 Å². The lowest BCUT2D eigenvalue weighted by Crippen LogP contribution is -2.35. The van der Waals surface area contributed by atoms with E-state index in [0.29, 0.717) is 28.6 Å². The molecular weight excluding hydrogens is 364 g/mol. The van der Waals surface area contributed by atoms with Crippen molar-refractivity contribution in [2.75, 3.05) is 18.4 Å². The summed E-state index contributed by atoms with van der Waals surface area (Å²) in [6.07, 6.45) is 3.91. The Labute approximate surface area is 152 Å². The van der Waals surface area contributed by atoms with Crippen molar-refractivity contribution in [3.63, 3.8) is 0 Å². The summed E-state index contributed by atoms with van der Waals surface area (Å²) in [4.78, 5) is 11.2. The maximum Gasteiger partial charge on any atom is 0.198 e. The Morgan fingerprint density at radius 3 is 2.77 bits per heavy atom. The standard InChI is InChI=1S/C17H14ClF2N5O/c18-10-8-24-16-14(10)13(2-5-21-16)26-15-11(19)6-9(7-12(15)20)25-17-22-3-1-4-23-17/h2,5-8H,1,3-4H2,(H,21,24)(H2,22,23,25). The first-order chi connectivity index (χ1) is 12.6. The molecule has 0 aliphatic carbocycles. The zero-order valence-corrected chi connectivity index (χ0v) is 14.2. The third-order valence-corrected chi connectivity index (χ3v) is 4.16. The summed E-state index contributed by atoms with van der Waals surface area (Å²) in [6, 6.07) is 3.79. The predicted molar refractivity (Wildman–Crippen MR) is 96.1 cm³/mol. The van der Waals surface area contributed by atoms with E-state index in [-0.39, 0.29) is 11.4 Å². The molecule has 6 nitrogen and oxygen atoms in total. The number of benzene rings is 1. The van der Waals surface area contributed by atoms with Crippen LogP contribution in [-0.4, -0.2) is 29.0 Å². The molecule has 3 aromatic rings. The van der Waals surface area contributed by atoms with Gasteiger partial charge in [-0.25, -0.2) is 13.8 Å². The van der Waals surface area contributed by atoms with Crippen LogP contribution in [0.3, 0.4) is 0 Å². The number of fused-ring (bicyclic) bond motifs is 1. The minimum Gasteiger partial charge on any atom is -0.450 e. The molecular formula is C17H14ClF2N5O. The fourth-order valence-electron chi connectivity index (χ4n) is 2.67. The van der Waals surface area contributed by atoms with E-state index >= 15 is 0 Å². The average Bonchev–Trinajstić information content (AvgIpc) is 3.01. The van der Waals surface area contributed by atoms with E-state index in [1.54, 1.807) is 0 Å². The third kappa shape index (κ3) is 3.15. The largest absolute Gasteiger partial charge is 0.450 e. The van der Waals surface area contributed by atoms with Crippen molar-refractivity contribution in [1.29, 1.82) is 0 Å². The first-order valence-corrected chi connectivity index (χ1v) is 8.33. The van der Waals surface area contributed by atoms with Crippen LogP contribution in [0, 0.1) is 11.6 Å². The summed E-state index contributed by atoms with van der Waals surface area (Å²) < 4.78 is 34.4. The van der Waals surface area contributed by atoms with Crippen LogP contribution in [0.4, 0.5) is 14.5 Å². The third-order valence-electron chi connectivity index (χ3n) is 3.86. The van der Waals surface area contributed by atoms with E-state index in [4.69, 9.17) is 16.3 Å². The number of nitrogens with zero attached hydrogens (tertiary/aromatic N) is 2. The Hall–Kier alpha value is -2.87. The van der Waals surface area contributed by atoms with Gasteiger partial charge in [-0.3, -0.25) is 4.99 Å². The smallest absolute Gasteiger partial charge is 0.198 e. The number of aliphatic imine (C=N–C) groups is 1. The first-order valence-electron chi connectivity index (χ1n) is 7.95. The van der Waals surface area contributed by atoms with Gasteiger partial charge in [-0.1, -0.05) is 11.6 Å². The number of H-pyrrole nitrogens is 1. The van der Waals surface area contributed by atoms with Crippen LogP contribution in [0.25, 0.3) is 11.0 Å². The van der Waals surface area contributed by atoms with Crippen molar-refractivity contribution in [1.82, 2.24) is 15.3 Å². The number of hydrogen-bond donors (Lipinski definition) is 3. The van der Waals surface area contributed by atoms with Crippen LogP contribution in [0.1, 0.15) is 6.42 Å². The van der Waals surface area contributed by atoms with Gasteiger partial charge in [-0.05, 0) is 12.5 Å². The minimum absolute atomic E-state index is 0.207. The summed E-state index contributed by atoms with van der Waals surface area (Å²) in [5.74, 6) is -1.52. The molecule has 0 saturated heterocycles. The van der Waals surface area contributed by atoms with Gasteiger partial charge in [-0.15, -0.1) is 0 Å². The zero-order chi connectivity index (χ0) is 18.1. The molecule has 3 heterocycles. The number of pyridine rings is 1. The van der Waals surface area contributed by atoms with Gasteiger partial charge in [0, 0.05) is 43.3 Å². The van der Waals surface area contributed by atoms with Gasteiger partial charge >= 0.3 is 0 Å². The van der Waals surface area contributed by atoms with E-state index < -0.39 is 17.4 Å². The quantitative estimate of drug-likeness (QED) is 0.643. The summed E-state index contributed by atoms with van der Waals surface area (Å²) in [6.45, 7) is 1.42. The summed E-state index contributed by atoms with van der Waals surface area (Å²) >= 11 is 6.09. The maximum atomic E-state index is 14.5. The van der Waals surface area contributed by atoms with Gasteiger partial charge in [0.05, 0.1) is 10.4 Å². The van der Waals surface area contributed by atoms with E-state index in [1.165, 1.54) is 18.5 Å². The highest BCUT2D eigenvalue weighted by Crippen LogP contribution is 2.36. The Kier molecular flexibility index (Phi) is 4.34. The van der Waals surface area contributed by atoms with Crippen molar-refractivity contribution in [3.05, 3.63) is 47.2 Å². The van der Waals surface area contributed by atoms with E-state index in [0.717, 1.165) is 25.1 Å². The lowest BCUT2D eigenvalue weighted by Gasteiger charge is -2.17. The molecule has 0 unspecified atom stereocenters. The normalized spacial score (nSPS) is 14.0. The van der Waals surface area contributed by atoms with Crippen LogP contribution >= 0.6 is 11.6 Å². The molecule has 0 spiro atoms. The van der Waals surface area contributed by atoms with Crippen LogP contribution in [0.2, 0.25) is 5.02 Å². The number of ether oxygens (including phenoxy) is 1. The SMILES string of the molecule is Fc1cc(NC2=NCCCN2)cc(F)c1Oc1ccnc2[nH]cc(Cl)c12. The molecule has 0 fully saturated rings. The predicted octanol–water partition coefficient (Wildman–Crippen LogP) is 4.05. The molecule has 0 bridgehead atoms. The number of hydrogen-bond acceptors (Lipinski definition) is 5. The van der Waals surface area contributed by atoms with Crippen molar-refractivity contribution in [3.8, 4) is 11.5 Å². The molecule has 3 N–H and O–H groups in total. The second kappa shape index (κ2) is 6.80. The number of rotatable bonds is 3. The number of aromatic nitrogens is 2. The summed E-state index contributed by atoms with van der Waals surface area (Å²) in [5.41, 5.74) is 0.702. The molecule has 26 heavy (non-hydrogen) atoms. The molecule has 4 rings (SSSR count). The molecule has 1 aliphatic heterocycles. The van der Waals surface area contributed by atoms with Gasteiger partial charge in [0.2, 0.25) is 0 Å². The molecule has 0 radical (unpaired) electrons. The highest BCUT2D eigenvalue weighted by atomic mass is 35.5. The van der Waals surface area contributed by atoms with Gasteiger partial charge < -0.3 is 20.4 Å². The second-order valence-electron chi connectivity index (χ2n) is 5.68. The van der Waals surface area contributed by atoms with Crippen LogP contribution in [0.5, 0.6) is 11.5 Å². The van der Waals surface area contributed by atoms with E-state index in [9.17, 15) is 8.78 Å². The van der Waals surface area contributed by atoms with Gasteiger partial charge in [0.1, 0.15) is 11.4 Å². The zero-order valence-electron chi connectivity index (χ0n) is 13.4. The summed E-state index contributed by atoms with van der Waals surface area (Å²) in [7, 11) is 0. The van der Waals surface area contributed by atoms with Crippen molar-refractivity contribution < 1.29 is 13.5 Å². The molecule has 1 aliphatic rings. The molecule has 0 saturated carbocycles. The van der Waals surface area contributed by atoms with Gasteiger partial charge in [-0.2, -0.15) is 0 Å². The number of nitrogens with one attached hydrogen (secondary N) is 3. The Bertz CT molecular complexity index is 981. The van der Waals surface area contributed by atoms with Gasteiger partial charge in [0.25, 0.3) is 0 Å².